The topological polar surface area (TPSA) is 63.6 Å². The van der Waals surface area contributed by atoms with E-state index in [0.717, 1.165) is 11.1 Å². The Bertz CT molecular complexity index is 477. The number of aryl methyl sites for hydroxylation is 2. The molecule has 0 fully saturated rings. The van der Waals surface area contributed by atoms with Crippen LogP contribution in [0.2, 0.25) is 0 Å². The number of ether oxygens (including phenoxy) is 1. The lowest BCUT2D eigenvalue weighted by Crippen LogP contribution is -2.08. The molecule has 0 radical (unpaired) electrons. The highest BCUT2D eigenvalue weighted by molar-refractivity contribution is 6.00. The van der Waals surface area contributed by atoms with Crippen molar-refractivity contribution in [3.05, 3.63) is 28.8 Å². The van der Waals surface area contributed by atoms with Gasteiger partial charge in [0.15, 0.2) is 5.78 Å². The van der Waals surface area contributed by atoms with Crippen LogP contribution in [0.3, 0.4) is 0 Å². The molecule has 0 saturated heterocycles. The highest BCUT2D eigenvalue weighted by Crippen LogP contribution is 2.28. The molecule has 0 heterocycles. The van der Waals surface area contributed by atoms with Crippen LogP contribution in [-0.4, -0.2) is 23.5 Å². The molecule has 0 aliphatic heterocycles. The summed E-state index contributed by atoms with van der Waals surface area (Å²) in [6.07, 6.45) is 0.602. The largest absolute Gasteiger partial charge is 0.493 e. The summed E-state index contributed by atoms with van der Waals surface area (Å²) in [7, 11) is 0. The fourth-order valence-corrected chi connectivity index (χ4v) is 1.99. The molecule has 1 rings (SSSR count). The second-order valence-corrected chi connectivity index (χ2v) is 4.51. The molecule has 4 heteroatoms. The molecule has 0 saturated carbocycles. The maximum atomic E-state index is 12.2. The smallest absolute Gasteiger partial charge is 0.303 e. The van der Waals surface area contributed by atoms with E-state index < -0.39 is 5.97 Å². The van der Waals surface area contributed by atoms with Crippen molar-refractivity contribution in [1.29, 1.82) is 0 Å². The number of carbonyl (C=O) groups excluding carboxylic acids is 1. The lowest BCUT2D eigenvalue weighted by Gasteiger charge is -2.14. The van der Waals surface area contributed by atoms with Crippen molar-refractivity contribution < 1.29 is 19.4 Å². The minimum absolute atomic E-state index is 0.0145. The van der Waals surface area contributed by atoms with Crippen LogP contribution in [0.5, 0.6) is 5.75 Å². The van der Waals surface area contributed by atoms with E-state index in [0.29, 0.717) is 24.3 Å². The molecule has 19 heavy (non-hydrogen) atoms. The number of hydrogen-bond donors (Lipinski definition) is 1. The molecule has 0 aliphatic rings. The van der Waals surface area contributed by atoms with E-state index in [4.69, 9.17) is 9.84 Å². The Balaban J connectivity index is 2.94. The SMILES string of the molecule is CCOc1c(C)ccc(C)c1C(=O)CCCC(=O)O. The summed E-state index contributed by atoms with van der Waals surface area (Å²) in [5.74, 6) is -0.299. The molecule has 104 valence electrons. The Morgan fingerprint density at radius 2 is 1.79 bits per heavy atom. The molecule has 1 N–H and O–H groups in total. The standard InChI is InChI=1S/C15H20O4/c1-4-19-15-11(3)9-8-10(2)14(15)12(16)6-5-7-13(17)18/h8-9H,4-7H2,1-3H3,(H,17,18). The van der Waals surface area contributed by atoms with Gasteiger partial charge >= 0.3 is 5.97 Å². The lowest BCUT2D eigenvalue weighted by molar-refractivity contribution is -0.137. The van der Waals surface area contributed by atoms with Crippen molar-refractivity contribution in [3.63, 3.8) is 0 Å². The molecule has 1 aromatic carbocycles. The fraction of sp³-hybridized carbons (Fsp3) is 0.467. The van der Waals surface area contributed by atoms with Crippen LogP contribution < -0.4 is 4.74 Å². The molecule has 0 unspecified atom stereocenters. The Morgan fingerprint density at radius 3 is 2.37 bits per heavy atom. The third-order valence-electron chi connectivity index (χ3n) is 2.92. The van der Waals surface area contributed by atoms with Gasteiger partial charge in [-0.3, -0.25) is 9.59 Å². The van der Waals surface area contributed by atoms with Crippen molar-refractivity contribution in [1.82, 2.24) is 0 Å². The zero-order valence-corrected chi connectivity index (χ0v) is 11.7. The molecule has 1 aromatic rings. The number of rotatable bonds is 7. The predicted molar refractivity (Wildman–Crippen MR) is 72.9 cm³/mol. The van der Waals surface area contributed by atoms with Gasteiger partial charge in [-0.15, -0.1) is 0 Å². The number of carbonyl (C=O) groups is 2. The molecule has 4 nitrogen and oxygen atoms in total. The van der Waals surface area contributed by atoms with E-state index in [-0.39, 0.29) is 18.6 Å². The first-order valence-corrected chi connectivity index (χ1v) is 6.45. The zero-order valence-electron chi connectivity index (χ0n) is 11.7. The Morgan fingerprint density at radius 1 is 1.16 bits per heavy atom. The number of benzene rings is 1. The Kier molecular flexibility index (Phi) is 5.55. The maximum absolute atomic E-state index is 12.2. The van der Waals surface area contributed by atoms with Gasteiger partial charge in [-0.05, 0) is 38.3 Å². The van der Waals surface area contributed by atoms with Crippen LogP contribution in [0.1, 0.15) is 47.7 Å². The summed E-state index contributed by atoms with van der Waals surface area (Å²) in [5, 5.41) is 8.60. The number of carboxylic acid groups (broad SMARTS) is 1. The van der Waals surface area contributed by atoms with E-state index in [9.17, 15) is 9.59 Å². The second kappa shape index (κ2) is 6.92. The summed E-state index contributed by atoms with van der Waals surface area (Å²) in [5.41, 5.74) is 2.38. The molecule has 0 bridgehead atoms. The van der Waals surface area contributed by atoms with Crippen LogP contribution in [0.25, 0.3) is 0 Å². The molecule has 0 atom stereocenters. The van der Waals surface area contributed by atoms with Gasteiger partial charge in [-0.2, -0.15) is 0 Å². The summed E-state index contributed by atoms with van der Waals surface area (Å²) in [6, 6.07) is 3.82. The van der Waals surface area contributed by atoms with E-state index in [1.807, 2.05) is 32.9 Å². The maximum Gasteiger partial charge on any atom is 0.303 e. The van der Waals surface area contributed by atoms with E-state index >= 15 is 0 Å². The summed E-state index contributed by atoms with van der Waals surface area (Å²) in [6.45, 7) is 6.14. The number of aliphatic carboxylic acids is 1. The van der Waals surface area contributed by atoms with E-state index in [1.165, 1.54) is 0 Å². The third kappa shape index (κ3) is 4.09. The first kappa shape index (κ1) is 15.2. The molecular weight excluding hydrogens is 244 g/mol. The van der Waals surface area contributed by atoms with Crippen LogP contribution in [-0.2, 0) is 4.79 Å². The number of hydrogen-bond acceptors (Lipinski definition) is 3. The monoisotopic (exact) mass is 264 g/mol. The van der Waals surface area contributed by atoms with Gasteiger partial charge in [-0.1, -0.05) is 12.1 Å². The van der Waals surface area contributed by atoms with Gasteiger partial charge in [0, 0.05) is 12.8 Å². The highest BCUT2D eigenvalue weighted by Gasteiger charge is 2.17. The Hall–Kier alpha value is -1.84. The zero-order chi connectivity index (χ0) is 14.4. The van der Waals surface area contributed by atoms with Gasteiger partial charge in [0.25, 0.3) is 0 Å². The quantitative estimate of drug-likeness (QED) is 0.768. The Labute approximate surface area is 113 Å². The van der Waals surface area contributed by atoms with Crippen LogP contribution in [0, 0.1) is 13.8 Å². The molecule has 0 aromatic heterocycles. The third-order valence-corrected chi connectivity index (χ3v) is 2.92. The molecule has 0 amide bonds. The van der Waals surface area contributed by atoms with Gasteiger partial charge in [0.2, 0.25) is 0 Å². The summed E-state index contributed by atoms with van der Waals surface area (Å²) < 4.78 is 5.56. The minimum Gasteiger partial charge on any atom is -0.493 e. The van der Waals surface area contributed by atoms with Gasteiger partial charge in [0.05, 0.1) is 12.2 Å². The van der Waals surface area contributed by atoms with Crippen molar-refractivity contribution in [2.24, 2.45) is 0 Å². The first-order chi connectivity index (χ1) is 8.97. The van der Waals surface area contributed by atoms with Crippen LogP contribution >= 0.6 is 0 Å². The molecule has 0 spiro atoms. The number of carboxylic acids is 1. The van der Waals surface area contributed by atoms with Crippen LogP contribution in [0.15, 0.2) is 12.1 Å². The first-order valence-electron chi connectivity index (χ1n) is 6.45. The van der Waals surface area contributed by atoms with Crippen molar-refractivity contribution in [3.8, 4) is 5.75 Å². The normalized spacial score (nSPS) is 10.3. The summed E-state index contributed by atoms with van der Waals surface area (Å²) in [4.78, 5) is 22.7. The van der Waals surface area contributed by atoms with Crippen LogP contribution in [0.4, 0.5) is 0 Å². The van der Waals surface area contributed by atoms with Crippen molar-refractivity contribution in [2.75, 3.05) is 6.61 Å². The fourth-order valence-electron chi connectivity index (χ4n) is 1.99. The van der Waals surface area contributed by atoms with E-state index in [2.05, 4.69) is 0 Å². The summed E-state index contributed by atoms with van der Waals surface area (Å²) >= 11 is 0. The molecular formula is C15H20O4. The number of ketones is 1. The van der Waals surface area contributed by atoms with Crippen molar-refractivity contribution >= 4 is 11.8 Å². The lowest BCUT2D eigenvalue weighted by atomic mass is 9.97. The van der Waals surface area contributed by atoms with Crippen molar-refractivity contribution in [2.45, 2.75) is 40.0 Å². The van der Waals surface area contributed by atoms with Gasteiger partial charge < -0.3 is 9.84 Å². The van der Waals surface area contributed by atoms with E-state index in [1.54, 1.807) is 0 Å². The highest BCUT2D eigenvalue weighted by atomic mass is 16.5. The van der Waals surface area contributed by atoms with Gasteiger partial charge in [0.1, 0.15) is 5.75 Å². The second-order valence-electron chi connectivity index (χ2n) is 4.51. The predicted octanol–water partition coefficient (Wildman–Crippen LogP) is 3.14. The van der Waals surface area contributed by atoms with Gasteiger partial charge in [-0.25, -0.2) is 0 Å². The minimum atomic E-state index is -0.876. The number of Topliss-reactive ketones (excluding diaryl/α,β-unsaturated/α-hetero) is 1. The average molecular weight is 264 g/mol. The average Bonchev–Trinajstić information content (AvgIpc) is 2.33. The molecule has 0 aliphatic carbocycles.